The fraction of sp³-hybridized carbons (Fsp3) is 0.417. The highest BCUT2D eigenvalue weighted by Gasteiger charge is 2.20. The SMILES string of the molecule is Cc1nc(-n2cc(I)cn2)ncc1CNC1CC1. The lowest BCUT2D eigenvalue weighted by Crippen LogP contribution is -2.17. The fourth-order valence-corrected chi connectivity index (χ4v) is 2.10. The molecule has 2 heterocycles. The van der Waals surface area contributed by atoms with E-state index in [9.17, 15) is 0 Å². The molecule has 0 saturated heterocycles. The first kappa shape index (κ1) is 12.0. The quantitative estimate of drug-likeness (QED) is 0.851. The first-order valence-electron chi connectivity index (χ1n) is 5.99. The van der Waals surface area contributed by atoms with Gasteiger partial charge in [-0.25, -0.2) is 14.6 Å². The van der Waals surface area contributed by atoms with E-state index in [0.29, 0.717) is 12.0 Å². The van der Waals surface area contributed by atoms with Crippen molar-refractivity contribution >= 4 is 22.6 Å². The average Bonchev–Trinajstić information content (AvgIpc) is 3.08. The van der Waals surface area contributed by atoms with Crippen molar-refractivity contribution < 1.29 is 0 Å². The standard InChI is InChI=1S/C12H14IN5/c1-8-9(4-14-11-2-3-11)5-15-12(17-8)18-7-10(13)6-16-18/h5-7,11,14H,2-4H2,1H3. The summed E-state index contributed by atoms with van der Waals surface area (Å²) in [5.74, 6) is 0.630. The van der Waals surface area contributed by atoms with Crippen LogP contribution in [0.3, 0.4) is 0 Å². The maximum Gasteiger partial charge on any atom is 0.250 e. The van der Waals surface area contributed by atoms with Crippen molar-refractivity contribution in [2.45, 2.75) is 32.4 Å². The molecule has 1 N–H and O–H groups in total. The molecule has 0 amide bonds. The largest absolute Gasteiger partial charge is 0.310 e. The third-order valence-electron chi connectivity index (χ3n) is 2.98. The number of halogens is 1. The van der Waals surface area contributed by atoms with Crippen LogP contribution >= 0.6 is 22.6 Å². The molecule has 0 spiro atoms. The molecular weight excluding hydrogens is 341 g/mol. The summed E-state index contributed by atoms with van der Waals surface area (Å²) in [7, 11) is 0. The Morgan fingerprint density at radius 1 is 1.44 bits per heavy atom. The van der Waals surface area contributed by atoms with Gasteiger partial charge in [0.1, 0.15) is 0 Å². The summed E-state index contributed by atoms with van der Waals surface area (Å²) in [6.07, 6.45) is 8.19. The molecule has 0 atom stereocenters. The average molecular weight is 355 g/mol. The number of hydrogen-bond acceptors (Lipinski definition) is 4. The predicted molar refractivity (Wildman–Crippen MR) is 76.5 cm³/mol. The van der Waals surface area contributed by atoms with Crippen LogP contribution in [0.5, 0.6) is 0 Å². The number of rotatable bonds is 4. The third-order valence-corrected chi connectivity index (χ3v) is 3.54. The van der Waals surface area contributed by atoms with Crippen molar-refractivity contribution in [2.24, 2.45) is 0 Å². The third kappa shape index (κ3) is 2.69. The van der Waals surface area contributed by atoms with Crippen molar-refractivity contribution in [3.8, 4) is 5.95 Å². The monoisotopic (exact) mass is 355 g/mol. The molecule has 5 nitrogen and oxygen atoms in total. The summed E-state index contributed by atoms with van der Waals surface area (Å²) in [6, 6.07) is 0.705. The van der Waals surface area contributed by atoms with Gasteiger partial charge in [0, 0.05) is 36.2 Å². The van der Waals surface area contributed by atoms with E-state index in [1.165, 1.54) is 12.8 Å². The molecule has 0 unspecified atom stereocenters. The van der Waals surface area contributed by atoms with Gasteiger partial charge in [0.15, 0.2) is 0 Å². The van der Waals surface area contributed by atoms with Crippen molar-refractivity contribution in [1.82, 2.24) is 25.1 Å². The molecule has 0 radical (unpaired) electrons. The second-order valence-corrected chi connectivity index (χ2v) is 5.78. The van der Waals surface area contributed by atoms with Gasteiger partial charge in [-0.1, -0.05) is 0 Å². The Kier molecular flexibility index (Phi) is 3.29. The molecule has 1 fully saturated rings. The molecule has 2 aromatic heterocycles. The maximum absolute atomic E-state index is 4.50. The Morgan fingerprint density at radius 3 is 2.89 bits per heavy atom. The second kappa shape index (κ2) is 4.93. The van der Waals surface area contributed by atoms with E-state index in [-0.39, 0.29) is 0 Å². The van der Waals surface area contributed by atoms with Gasteiger partial charge in [-0.15, -0.1) is 0 Å². The highest BCUT2D eigenvalue weighted by molar-refractivity contribution is 14.1. The summed E-state index contributed by atoms with van der Waals surface area (Å²) in [5, 5.41) is 7.68. The van der Waals surface area contributed by atoms with Crippen molar-refractivity contribution in [3.05, 3.63) is 33.4 Å². The predicted octanol–water partition coefficient (Wildman–Crippen LogP) is 1.83. The molecule has 1 aliphatic carbocycles. The highest BCUT2D eigenvalue weighted by Crippen LogP contribution is 2.19. The van der Waals surface area contributed by atoms with E-state index >= 15 is 0 Å². The lowest BCUT2D eigenvalue weighted by molar-refractivity contribution is 0.675. The van der Waals surface area contributed by atoms with Crippen LogP contribution < -0.4 is 5.32 Å². The molecule has 18 heavy (non-hydrogen) atoms. The minimum atomic E-state index is 0.630. The normalized spacial score (nSPS) is 15.0. The van der Waals surface area contributed by atoms with E-state index in [1.54, 1.807) is 10.9 Å². The Bertz CT molecular complexity index is 561. The molecule has 0 bridgehead atoms. The van der Waals surface area contributed by atoms with Crippen LogP contribution in [0.1, 0.15) is 24.1 Å². The highest BCUT2D eigenvalue weighted by atomic mass is 127. The first-order chi connectivity index (χ1) is 8.72. The van der Waals surface area contributed by atoms with Crippen LogP contribution in [0.15, 0.2) is 18.6 Å². The molecule has 0 aromatic carbocycles. The van der Waals surface area contributed by atoms with E-state index in [2.05, 4.69) is 43.0 Å². The van der Waals surface area contributed by atoms with Crippen LogP contribution in [0.4, 0.5) is 0 Å². The molecular formula is C12H14IN5. The van der Waals surface area contributed by atoms with Crippen LogP contribution in [0, 0.1) is 10.5 Å². The van der Waals surface area contributed by atoms with Crippen molar-refractivity contribution in [1.29, 1.82) is 0 Å². The first-order valence-corrected chi connectivity index (χ1v) is 7.07. The van der Waals surface area contributed by atoms with Crippen molar-refractivity contribution in [3.63, 3.8) is 0 Å². The van der Waals surface area contributed by atoms with Crippen molar-refractivity contribution in [2.75, 3.05) is 0 Å². The van der Waals surface area contributed by atoms with Gasteiger partial charge < -0.3 is 5.32 Å². The van der Waals surface area contributed by atoms with Gasteiger partial charge in [0.05, 0.1) is 9.77 Å². The van der Waals surface area contributed by atoms with Gasteiger partial charge >= 0.3 is 0 Å². The lowest BCUT2D eigenvalue weighted by Gasteiger charge is -2.07. The van der Waals surface area contributed by atoms with Crippen LogP contribution in [0.2, 0.25) is 0 Å². The van der Waals surface area contributed by atoms with Crippen LogP contribution in [-0.2, 0) is 6.54 Å². The molecule has 94 valence electrons. The van der Waals surface area contributed by atoms with Gasteiger partial charge in [-0.05, 0) is 42.4 Å². The van der Waals surface area contributed by atoms with E-state index in [1.807, 2.05) is 19.3 Å². The zero-order valence-corrected chi connectivity index (χ0v) is 12.3. The summed E-state index contributed by atoms with van der Waals surface area (Å²) in [6.45, 7) is 2.87. The molecule has 1 saturated carbocycles. The molecule has 6 heteroatoms. The van der Waals surface area contributed by atoms with E-state index in [4.69, 9.17) is 0 Å². The Hall–Kier alpha value is -1.02. The van der Waals surface area contributed by atoms with Gasteiger partial charge in [0.25, 0.3) is 5.95 Å². The molecule has 3 rings (SSSR count). The van der Waals surface area contributed by atoms with Gasteiger partial charge in [-0.3, -0.25) is 0 Å². The number of aromatic nitrogens is 4. The van der Waals surface area contributed by atoms with Gasteiger partial charge in [-0.2, -0.15) is 5.10 Å². The number of nitrogens with one attached hydrogen (secondary N) is 1. The zero-order chi connectivity index (χ0) is 12.5. The molecule has 2 aromatic rings. The van der Waals surface area contributed by atoms with Crippen LogP contribution in [-0.4, -0.2) is 25.8 Å². The minimum absolute atomic E-state index is 0.630. The number of hydrogen-bond donors (Lipinski definition) is 1. The smallest absolute Gasteiger partial charge is 0.250 e. The minimum Gasteiger partial charge on any atom is -0.310 e. The fourth-order valence-electron chi connectivity index (χ4n) is 1.72. The maximum atomic E-state index is 4.50. The Labute approximate surface area is 119 Å². The summed E-state index contributed by atoms with van der Waals surface area (Å²) in [5.41, 5.74) is 2.17. The number of nitrogens with zero attached hydrogens (tertiary/aromatic N) is 4. The summed E-state index contributed by atoms with van der Waals surface area (Å²) >= 11 is 2.22. The molecule has 1 aliphatic rings. The molecule has 0 aliphatic heterocycles. The van der Waals surface area contributed by atoms with E-state index in [0.717, 1.165) is 21.4 Å². The lowest BCUT2D eigenvalue weighted by atomic mass is 10.2. The van der Waals surface area contributed by atoms with Gasteiger partial charge in [0.2, 0.25) is 0 Å². The van der Waals surface area contributed by atoms with E-state index < -0.39 is 0 Å². The Balaban J connectivity index is 1.79. The summed E-state index contributed by atoms with van der Waals surface area (Å²) < 4.78 is 2.78. The second-order valence-electron chi connectivity index (χ2n) is 4.54. The topological polar surface area (TPSA) is 55.6 Å². The Morgan fingerprint density at radius 2 is 2.28 bits per heavy atom. The van der Waals surface area contributed by atoms with Crippen LogP contribution in [0.25, 0.3) is 5.95 Å². The zero-order valence-electron chi connectivity index (χ0n) is 10.1. The number of aryl methyl sites for hydroxylation is 1. The summed E-state index contributed by atoms with van der Waals surface area (Å²) in [4.78, 5) is 8.87.